The third-order valence-corrected chi connectivity index (χ3v) is 6.28. The summed E-state index contributed by atoms with van der Waals surface area (Å²) < 4.78 is 91.5. The fourth-order valence-electron chi connectivity index (χ4n) is 4.07. The Bertz CT molecular complexity index is 1460. The SMILES string of the molecule is CC1=CCC(C(F)(F)F)C=C1OC(=O)/C=C(/C(=O)OC1=CC(C(F)(F)F)CC=C1C)c1nccn2cccc12. The van der Waals surface area contributed by atoms with E-state index in [1.165, 1.54) is 32.2 Å². The number of hydrogen-bond acceptors (Lipinski definition) is 5. The van der Waals surface area contributed by atoms with E-state index in [2.05, 4.69) is 4.98 Å². The Labute approximate surface area is 218 Å². The predicted octanol–water partition coefficient (Wildman–Crippen LogP) is 6.63. The number of rotatable bonds is 5. The van der Waals surface area contributed by atoms with E-state index < -0.39 is 41.7 Å². The van der Waals surface area contributed by atoms with Crippen molar-refractivity contribution in [2.45, 2.75) is 39.0 Å². The van der Waals surface area contributed by atoms with Crippen LogP contribution in [0.25, 0.3) is 11.1 Å². The van der Waals surface area contributed by atoms with Gasteiger partial charge in [-0.15, -0.1) is 0 Å². The van der Waals surface area contributed by atoms with E-state index in [0.29, 0.717) is 17.2 Å². The minimum Gasteiger partial charge on any atom is -0.423 e. The van der Waals surface area contributed by atoms with Crippen molar-refractivity contribution in [2.24, 2.45) is 11.8 Å². The number of aromatic nitrogens is 2. The zero-order valence-electron chi connectivity index (χ0n) is 20.6. The standard InChI is InChI=1S/C27H22F6N2O4/c1-15-5-7-17(26(28,29)30)12-21(15)38-23(36)14-19(24-20-4-3-10-35(20)11-9-34-24)25(37)39-22-13-18(27(31,32)33)8-6-16(22)2/h3-6,9-14,17-18H,7-8H2,1-2H3/b19-14+. The van der Waals surface area contributed by atoms with Gasteiger partial charge in [0, 0.05) is 24.7 Å². The number of hydrogen-bond donors (Lipinski definition) is 0. The van der Waals surface area contributed by atoms with Crippen molar-refractivity contribution in [3.05, 3.63) is 89.5 Å². The van der Waals surface area contributed by atoms with Crippen molar-refractivity contribution >= 4 is 23.0 Å². The lowest BCUT2D eigenvalue weighted by Gasteiger charge is -2.22. The highest BCUT2D eigenvalue weighted by Crippen LogP contribution is 2.37. The molecular weight excluding hydrogens is 530 g/mol. The molecule has 2 aromatic rings. The summed E-state index contributed by atoms with van der Waals surface area (Å²) in [5, 5.41) is 0. The Morgan fingerprint density at radius 2 is 1.49 bits per heavy atom. The monoisotopic (exact) mass is 552 g/mol. The first-order valence-electron chi connectivity index (χ1n) is 11.7. The maximum Gasteiger partial charge on any atom is 0.395 e. The number of allylic oxidation sites excluding steroid dienone is 6. The minimum absolute atomic E-state index is 0.0482. The molecular formula is C27H22F6N2O4. The van der Waals surface area contributed by atoms with Gasteiger partial charge in [-0.1, -0.05) is 12.2 Å². The highest BCUT2D eigenvalue weighted by atomic mass is 19.4. The largest absolute Gasteiger partial charge is 0.423 e. The van der Waals surface area contributed by atoms with Crippen molar-refractivity contribution in [3.8, 4) is 0 Å². The topological polar surface area (TPSA) is 69.9 Å². The normalized spacial score (nSPS) is 20.6. The molecule has 2 aromatic heterocycles. The van der Waals surface area contributed by atoms with Gasteiger partial charge in [0.15, 0.2) is 0 Å². The number of nitrogens with zero attached hydrogens (tertiary/aromatic N) is 2. The van der Waals surface area contributed by atoms with Gasteiger partial charge in [0.1, 0.15) is 17.2 Å². The molecule has 2 atom stereocenters. The van der Waals surface area contributed by atoms with Gasteiger partial charge in [0.05, 0.1) is 22.9 Å². The van der Waals surface area contributed by atoms with Gasteiger partial charge < -0.3 is 13.9 Å². The summed E-state index contributed by atoms with van der Waals surface area (Å²) in [5.41, 5.74) is 0.424. The van der Waals surface area contributed by atoms with Crippen molar-refractivity contribution < 1.29 is 45.4 Å². The van der Waals surface area contributed by atoms with Crippen molar-refractivity contribution in [3.63, 3.8) is 0 Å². The van der Waals surface area contributed by atoms with Gasteiger partial charge in [0.2, 0.25) is 0 Å². The molecule has 0 radical (unpaired) electrons. The molecule has 206 valence electrons. The zero-order valence-corrected chi connectivity index (χ0v) is 20.6. The number of carbonyl (C=O) groups is 2. The lowest BCUT2D eigenvalue weighted by atomic mass is 9.95. The lowest BCUT2D eigenvalue weighted by Crippen LogP contribution is -2.24. The fourth-order valence-corrected chi connectivity index (χ4v) is 4.07. The van der Waals surface area contributed by atoms with Crippen LogP contribution in [-0.4, -0.2) is 33.7 Å². The van der Waals surface area contributed by atoms with E-state index in [1.54, 1.807) is 28.9 Å². The number of alkyl halides is 6. The van der Waals surface area contributed by atoms with Gasteiger partial charge in [-0.25, -0.2) is 9.59 Å². The van der Waals surface area contributed by atoms with Gasteiger partial charge in [-0.05, 0) is 62.1 Å². The molecule has 12 heteroatoms. The summed E-state index contributed by atoms with van der Waals surface area (Å²) in [6.45, 7) is 2.94. The van der Waals surface area contributed by atoms with E-state index in [9.17, 15) is 35.9 Å². The van der Waals surface area contributed by atoms with Crippen LogP contribution in [0.5, 0.6) is 0 Å². The highest BCUT2D eigenvalue weighted by Gasteiger charge is 2.40. The molecule has 2 aliphatic rings. The average Bonchev–Trinajstić information content (AvgIpc) is 3.33. The van der Waals surface area contributed by atoms with Crippen LogP contribution in [0.4, 0.5) is 26.3 Å². The molecule has 0 fully saturated rings. The predicted molar refractivity (Wildman–Crippen MR) is 127 cm³/mol. The maximum atomic E-state index is 13.3. The molecule has 0 aromatic carbocycles. The summed E-state index contributed by atoms with van der Waals surface area (Å²) in [5.74, 6) is -6.79. The first-order chi connectivity index (χ1) is 18.2. The van der Waals surface area contributed by atoms with Gasteiger partial charge in [-0.2, -0.15) is 26.3 Å². The Morgan fingerprint density at radius 1 is 0.923 bits per heavy atom. The zero-order chi connectivity index (χ0) is 28.5. The molecule has 39 heavy (non-hydrogen) atoms. The van der Waals surface area contributed by atoms with Crippen LogP contribution < -0.4 is 0 Å². The molecule has 6 nitrogen and oxygen atoms in total. The van der Waals surface area contributed by atoms with E-state index >= 15 is 0 Å². The fraction of sp³-hybridized carbons (Fsp3) is 0.296. The van der Waals surface area contributed by atoms with E-state index in [-0.39, 0.29) is 35.6 Å². The number of halogens is 6. The first-order valence-corrected chi connectivity index (χ1v) is 11.7. The minimum atomic E-state index is -4.57. The van der Waals surface area contributed by atoms with Crippen LogP contribution in [0.3, 0.4) is 0 Å². The summed E-state index contributed by atoms with van der Waals surface area (Å²) in [6.07, 6.45) is -0.413. The van der Waals surface area contributed by atoms with Gasteiger partial charge in [-0.3, -0.25) is 4.98 Å². The second-order valence-electron chi connectivity index (χ2n) is 9.05. The summed E-state index contributed by atoms with van der Waals surface area (Å²) >= 11 is 0. The summed E-state index contributed by atoms with van der Waals surface area (Å²) in [7, 11) is 0. The lowest BCUT2D eigenvalue weighted by molar-refractivity contribution is -0.162. The van der Waals surface area contributed by atoms with Crippen LogP contribution in [0.1, 0.15) is 32.4 Å². The highest BCUT2D eigenvalue weighted by molar-refractivity contribution is 6.22. The first kappa shape index (κ1) is 27.9. The van der Waals surface area contributed by atoms with Crippen LogP contribution in [0.15, 0.2) is 83.8 Å². The molecule has 0 saturated carbocycles. The summed E-state index contributed by atoms with van der Waals surface area (Å²) in [4.78, 5) is 30.3. The van der Waals surface area contributed by atoms with Gasteiger partial charge in [0.25, 0.3) is 0 Å². The molecule has 2 aliphatic carbocycles. The molecule has 2 unspecified atom stereocenters. The van der Waals surface area contributed by atoms with E-state index in [0.717, 1.165) is 12.2 Å². The van der Waals surface area contributed by atoms with Gasteiger partial charge >= 0.3 is 24.3 Å². The average molecular weight is 552 g/mol. The molecule has 0 N–H and O–H groups in total. The molecule has 0 amide bonds. The Hall–Kier alpha value is -4.09. The smallest absolute Gasteiger partial charge is 0.395 e. The van der Waals surface area contributed by atoms with Crippen LogP contribution in [0.2, 0.25) is 0 Å². The molecule has 4 rings (SSSR count). The Balaban J connectivity index is 1.69. The van der Waals surface area contributed by atoms with E-state index in [1.807, 2.05) is 0 Å². The third kappa shape index (κ3) is 6.32. The van der Waals surface area contributed by atoms with E-state index in [4.69, 9.17) is 9.47 Å². The second-order valence-corrected chi connectivity index (χ2v) is 9.05. The number of esters is 2. The maximum absolute atomic E-state index is 13.3. The Kier molecular flexibility index (Phi) is 7.58. The number of fused-ring (bicyclic) bond motifs is 1. The van der Waals surface area contributed by atoms with Crippen molar-refractivity contribution in [1.29, 1.82) is 0 Å². The van der Waals surface area contributed by atoms with Crippen molar-refractivity contribution in [2.75, 3.05) is 0 Å². The molecule has 2 heterocycles. The van der Waals surface area contributed by atoms with Crippen LogP contribution in [-0.2, 0) is 19.1 Å². The quantitative estimate of drug-likeness (QED) is 0.237. The Morgan fingerprint density at radius 3 is 2.05 bits per heavy atom. The molecule has 0 bridgehead atoms. The molecule has 0 saturated heterocycles. The third-order valence-electron chi connectivity index (χ3n) is 6.28. The molecule has 0 spiro atoms. The van der Waals surface area contributed by atoms with Crippen molar-refractivity contribution in [1.82, 2.24) is 9.38 Å². The summed E-state index contributed by atoms with van der Waals surface area (Å²) in [6, 6.07) is 3.20. The second kappa shape index (κ2) is 10.6. The van der Waals surface area contributed by atoms with Crippen LogP contribution >= 0.6 is 0 Å². The van der Waals surface area contributed by atoms with Crippen LogP contribution in [0, 0.1) is 11.8 Å². The molecule has 0 aliphatic heterocycles. The number of carbonyl (C=O) groups excluding carboxylic acids is 2. The number of ether oxygens (including phenoxy) is 2.